The molecule has 9 heavy (non-hydrogen) atoms. The number of carbonyl (C=O) groups excluding carboxylic acids is 1. The molecular weight excluding hydrogens is 124 g/mol. The van der Waals surface area contributed by atoms with Crippen LogP contribution in [0, 0.1) is 5.92 Å². The van der Waals surface area contributed by atoms with E-state index in [4.69, 9.17) is 5.11 Å². The van der Waals surface area contributed by atoms with Gasteiger partial charge in [-0.1, -0.05) is 0 Å². The number of hydrogen-bond donors (Lipinski definition) is 1. The standard InChI is InChI=1S/C5H6O4/c6-4-2-9-1-3(4)5(7)8/h3H,1-2H2,(H,7,8). The van der Waals surface area contributed by atoms with Gasteiger partial charge in [0.15, 0.2) is 5.78 Å². The molecule has 0 radical (unpaired) electrons. The normalized spacial score (nSPS) is 26.7. The molecule has 0 bridgehead atoms. The van der Waals surface area contributed by atoms with Crippen LogP contribution in [-0.2, 0) is 14.3 Å². The van der Waals surface area contributed by atoms with Gasteiger partial charge in [0.2, 0.25) is 0 Å². The van der Waals surface area contributed by atoms with E-state index in [9.17, 15) is 9.59 Å². The minimum absolute atomic E-state index is 0.0359. The Labute approximate surface area is 51.4 Å². The minimum Gasteiger partial charge on any atom is -0.481 e. The number of ether oxygens (including phenoxy) is 1. The number of carboxylic acid groups (broad SMARTS) is 1. The van der Waals surface area contributed by atoms with Gasteiger partial charge in [0, 0.05) is 0 Å². The van der Waals surface area contributed by atoms with Crippen molar-refractivity contribution >= 4 is 11.8 Å². The van der Waals surface area contributed by atoms with Crippen LogP contribution in [0.4, 0.5) is 0 Å². The van der Waals surface area contributed by atoms with Gasteiger partial charge in [-0.25, -0.2) is 0 Å². The molecule has 0 aromatic heterocycles. The molecule has 0 aliphatic carbocycles. The van der Waals surface area contributed by atoms with Crippen LogP contribution < -0.4 is 0 Å². The Morgan fingerprint density at radius 1 is 1.78 bits per heavy atom. The van der Waals surface area contributed by atoms with Gasteiger partial charge in [-0.2, -0.15) is 0 Å². The number of Topliss-reactive ketones (excluding diaryl/α,β-unsaturated/α-hetero) is 1. The lowest BCUT2D eigenvalue weighted by atomic mass is 10.1. The second-order valence-corrected chi connectivity index (χ2v) is 1.87. The van der Waals surface area contributed by atoms with E-state index in [-0.39, 0.29) is 19.0 Å². The number of ketones is 1. The molecular formula is C5H6O4. The van der Waals surface area contributed by atoms with Crippen LogP contribution in [-0.4, -0.2) is 30.1 Å². The molecule has 1 N–H and O–H groups in total. The Balaban J connectivity index is 2.60. The Morgan fingerprint density at radius 2 is 2.44 bits per heavy atom. The Bertz CT molecular complexity index is 151. The fraction of sp³-hybridized carbons (Fsp3) is 0.600. The summed E-state index contributed by atoms with van der Waals surface area (Å²) in [5.41, 5.74) is 0. The van der Waals surface area contributed by atoms with Crippen molar-refractivity contribution in [3.8, 4) is 0 Å². The zero-order valence-electron chi connectivity index (χ0n) is 4.66. The summed E-state index contributed by atoms with van der Waals surface area (Å²) in [5.74, 6) is -2.33. The van der Waals surface area contributed by atoms with Crippen molar-refractivity contribution in [3.05, 3.63) is 0 Å². The monoisotopic (exact) mass is 130 g/mol. The quantitative estimate of drug-likeness (QED) is 0.476. The molecule has 4 nitrogen and oxygen atoms in total. The molecule has 0 saturated carbocycles. The number of carbonyl (C=O) groups is 2. The average Bonchev–Trinajstić information content (AvgIpc) is 2.13. The molecule has 1 unspecified atom stereocenters. The third-order valence-electron chi connectivity index (χ3n) is 1.22. The first-order valence-corrected chi connectivity index (χ1v) is 2.55. The van der Waals surface area contributed by atoms with E-state index in [1.807, 2.05) is 0 Å². The lowest BCUT2D eigenvalue weighted by Gasteiger charge is -1.94. The highest BCUT2D eigenvalue weighted by Crippen LogP contribution is 2.07. The molecule has 4 heteroatoms. The maximum absolute atomic E-state index is 10.5. The highest BCUT2D eigenvalue weighted by atomic mass is 16.5. The zero-order valence-corrected chi connectivity index (χ0v) is 4.66. The van der Waals surface area contributed by atoms with Gasteiger partial charge in [0.1, 0.15) is 12.5 Å². The number of hydrogen-bond acceptors (Lipinski definition) is 3. The van der Waals surface area contributed by atoms with Gasteiger partial charge in [-0.3, -0.25) is 9.59 Å². The summed E-state index contributed by atoms with van der Waals surface area (Å²) in [6, 6.07) is 0. The second-order valence-electron chi connectivity index (χ2n) is 1.87. The molecule has 1 aliphatic rings. The maximum Gasteiger partial charge on any atom is 0.316 e. The van der Waals surface area contributed by atoms with Crippen LogP contribution in [0.2, 0.25) is 0 Å². The maximum atomic E-state index is 10.5. The predicted molar refractivity (Wildman–Crippen MR) is 27.0 cm³/mol. The molecule has 50 valence electrons. The fourth-order valence-corrected chi connectivity index (χ4v) is 0.680. The second kappa shape index (κ2) is 2.14. The van der Waals surface area contributed by atoms with Crippen molar-refractivity contribution < 1.29 is 19.4 Å². The molecule has 0 aromatic carbocycles. The topological polar surface area (TPSA) is 63.6 Å². The molecule has 1 atom stereocenters. The molecule has 1 aliphatic heterocycles. The van der Waals surface area contributed by atoms with Gasteiger partial charge in [-0.15, -0.1) is 0 Å². The van der Waals surface area contributed by atoms with E-state index in [1.165, 1.54) is 0 Å². The molecule has 0 aromatic rings. The fourth-order valence-electron chi connectivity index (χ4n) is 0.680. The van der Waals surface area contributed by atoms with Crippen molar-refractivity contribution in [2.24, 2.45) is 5.92 Å². The summed E-state index contributed by atoms with van der Waals surface area (Å²) >= 11 is 0. The summed E-state index contributed by atoms with van der Waals surface area (Å²) in [4.78, 5) is 20.6. The number of rotatable bonds is 1. The molecule has 1 fully saturated rings. The third kappa shape index (κ3) is 1.08. The van der Waals surface area contributed by atoms with Gasteiger partial charge in [-0.05, 0) is 0 Å². The van der Waals surface area contributed by atoms with E-state index < -0.39 is 11.9 Å². The minimum atomic E-state index is -1.09. The summed E-state index contributed by atoms with van der Waals surface area (Å²) < 4.78 is 4.60. The lowest BCUT2D eigenvalue weighted by molar-refractivity contribution is -0.144. The van der Waals surface area contributed by atoms with E-state index in [1.54, 1.807) is 0 Å². The van der Waals surface area contributed by atoms with Crippen molar-refractivity contribution in [2.75, 3.05) is 13.2 Å². The van der Waals surface area contributed by atoms with Gasteiger partial charge in [0.25, 0.3) is 0 Å². The first-order chi connectivity index (χ1) is 4.22. The lowest BCUT2D eigenvalue weighted by Crippen LogP contribution is -2.21. The van der Waals surface area contributed by atoms with Crippen LogP contribution >= 0.6 is 0 Å². The predicted octanol–water partition coefficient (Wildman–Crippen LogP) is -0.714. The largest absolute Gasteiger partial charge is 0.481 e. The van der Waals surface area contributed by atoms with Crippen LogP contribution in [0.25, 0.3) is 0 Å². The first kappa shape index (κ1) is 6.22. The van der Waals surface area contributed by atoms with Crippen LogP contribution in [0.3, 0.4) is 0 Å². The summed E-state index contributed by atoms with van der Waals surface area (Å²) in [5, 5.41) is 8.28. The Kier molecular flexibility index (Phi) is 1.48. The number of aliphatic carboxylic acids is 1. The number of carboxylic acids is 1. The van der Waals surface area contributed by atoms with E-state index in [0.717, 1.165) is 0 Å². The summed E-state index contributed by atoms with van der Waals surface area (Å²) in [6.45, 7) is -0.00880. The third-order valence-corrected chi connectivity index (χ3v) is 1.22. The SMILES string of the molecule is O=C(O)C1COCC1=O. The van der Waals surface area contributed by atoms with E-state index in [2.05, 4.69) is 4.74 Å². The van der Waals surface area contributed by atoms with Crippen molar-refractivity contribution in [1.82, 2.24) is 0 Å². The Morgan fingerprint density at radius 3 is 2.67 bits per heavy atom. The molecule has 1 heterocycles. The van der Waals surface area contributed by atoms with E-state index in [0.29, 0.717) is 0 Å². The summed E-state index contributed by atoms with van der Waals surface area (Å²) in [7, 11) is 0. The first-order valence-electron chi connectivity index (χ1n) is 2.55. The smallest absolute Gasteiger partial charge is 0.316 e. The molecule has 1 rings (SSSR count). The highest BCUT2D eigenvalue weighted by molar-refractivity contribution is 6.00. The molecule has 0 spiro atoms. The van der Waals surface area contributed by atoms with Gasteiger partial charge >= 0.3 is 5.97 Å². The van der Waals surface area contributed by atoms with Crippen molar-refractivity contribution in [2.45, 2.75) is 0 Å². The molecule has 0 amide bonds. The van der Waals surface area contributed by atoms with Gasteiger partial charge < -0.3 is 9.84 Å². The molecule has 1 saturated heterocycles. The van der Waals surface area contributed by atoms with Crippen molar-refractivity contribution in [1.29, 1.82) is 0 Å². The van der Waals surface area contributed by atoms with Crippen LogP contribution in [0.5, 0.6) is 0 Å². The van der Waals surface area contributed by atoms with E-state index >= 15 is 0 Å². The highest BCUT2D eigenvalue weighted by Gasteiger charge is 2.31. The van der Waals surface area contributed by atoms with Gasteiger partial charge in [0.05, 0.1) is 6.61 Å². The Hall–Kier alpha value is -0.900. The average molecular weight is 130 g/mol. The zero-order chi connectivity index (χ0) is 6.85. The van der Waals surface area contributed by atoms with Crippen LogP contribution in [0.15, 0.2) is 0 Å². The van der Waals surface area contributed by atoms with Crippen LogP contribution in [0.1, 0.15) is 0 Å². The summed E-state index contributed by atoms with van der Waals surface area (Å²) in [6.07, 6.45) is 0. The van der Waals surface area contributed by atoms with Crippen molar-refractivity contribution in [3.63, 3.8) is 0 Å².